The minimum atomic E-state index is -0.351. The van der Waals surface area contributed by atoms with Gasteiger partial charge in [0.2, 0.25) is 5.91 Å². The van der Waals surface area contributed by atoms with Crippen molar-refractivity contribution in [2.45, 2.75) is 39.2 Å². The zero-order valence-corrected chi connectivity index (χ0v) is 13.3. The third-order valence-electron chi connectivity index (χ3n) is 3.86. The van der Waals surface area contributed by atoms with E-state index in [1.165, 1.54) is 0 Å². The summed E-state index contributed by atoms with van der Waals surface area (Å²) in [7, 11) is 0. The van der Waals surface area contributed by atoms with Gasteiger partial charge in [0, 0.05) is 18.8 Å². The lowest BCUT2D eigenvalue weighted by Crippen LogP contribution is -2.47. The summed E-state index contributed by atoms with van der Waals surface area (Å²) in [5, 5.41) is 5.79. The van der Waals surface area contributed by atoms with Gasteiger partial charge in [-0.05, 0) is 37.3 Å². The molecular formula is C17H25N3O2. The molecule has 1 aliphatic rings. The zero-order chi connectivity index (χ0) is 15.9. The number of para-hydroxylation sites is 1. The number of hydrogen-bond acceptors (Lipinski definition) is 2. The first-order valence-electron chi connectivity index (χ1n) is 7.98. The molecule has 1 unspecified atom stereocenters. The van der Waals surface area contributed by atoms with Gasteiger partial charge in [-0.3, -0.25) is 4.79 Å². The number of carbonyl (C=O) groups is 2. The highest BCUT2D eigenvalue weighted by Gasteiger charge is 2.33. The summed E-state index contributed by atoms with van der Waals surface area (Å²) in [6.07, 6.45) is 2.55. The number of anilines is 1. The number of nitrogens with zero attached hydrogens (tertiary/aromatic N) is 1. The van der Waals surface area contributed by atoms with Gasteiger partial charge >= 0.3 is 6.03 Å². The number of rotatable bonds is 5. The molecule has 0 radical (unpaired) electrons. The van der Waals surface area contributed by atoms with Crippen LogP contribution in [0.3, 0.4) is 0 Å². The monoisotopic (exact) mass is 303 g/mol. The molecule has 2 N–H and O–H groups in total. The Kier molecular flexibility index (Phi) is 5.81. The van der Waals surface area contributed by atoms with Crippen LogP contribution in [0.5, 0.6) is 0 Å². The van der Waals surface area contributed by atoms with Crippen molar-refractivity contribution in [2.75, 3.05) is 18.4 Å². The van der Waals surface area contributed by atoms with Crippen LogP contribution < -0.4 is 10.6 Å². The summed E-state index contributed by atoms with van der Waals surface area (Å²) in [6.45, 7) is 5.55. The molecule has 2 rings (SSSR count). The fourth-order valence-corrected chi connectivity index (χ4v) is 2.60. The molecule has 1 atom stereocenters. The SMILES string of the molecule is CC(C)CCNC(=O)C1CCCN1C(=O)Nc1ccccc1. The van der Waals surface area contributed by atoms with Gasteiger partial charge in [-0.15, -0.1) is 0 Å². The molecule has 0 saturated carbocycles. The molecule has 1 aromatic carbocycles. The predicted octanol–water partition coefficient (Wildman–Crippen LogP) is 2.85. The molecule has 22 heavy (non-hydrogen) atoms. The Morgan fingerprint density at radius 1 is 1.27 bits per heavy atom. The van der Waals surface area contributed by atoms with E-state index in [1.807, 2.05) is 30.3 Å². The van der Waals surface area contributed by atoms with Crippen LogP contribution in [-0.2, 0) is 4.79 Å². The van der Waals surface area contributed by atoms with Gasteiger partial charge in [-0.25, -0.2) is 4.79 Å². The summed E-state index contributed by atoms with van der Waals surface area (Å²) in [5.74, 6) is 0.516. The molecule has 0 aliphatic carbocycles. The first-order chi connectivity index (χ1) is 10.6. The van der Waals surface area contributed by atoms with E-state index in [4.69, 9.17) is 0 Å². The summed E-state index contributed by atoms with van der Waals surface area (Å²) >= 11 is 0. The van der Waals surface area contributed by atoms with Crippen LogP contribution in [0.4, 0.5) is 10.5 Å². The molecule has 1 aliphatic heterocycles. The lowest BCUT2D eigenvalue weighted by Gasteiger charge is -2.24. The van der Waals surface area contributed by atoms with Gasteiger partial charge < -0.3 is 15.5 Å². The molecule has 0 aromatic heterocycles. The normalized spacial score (nSPS) is 17.6. The maximum atomic E-state index is 12.3. The number of hydrogen-bond donors (Lipinski definition) is 2. The molecule has 0 spiro atoms. The van der Waals surface area contributed by atoms with Crippen molar-refractivity contribution in [1.82, 2.24) is 10.2 Å². The molecule has 120 valence electrons. The second-order valence-electron chi connectivity index (χ2n) is 6.12. The quantitative estimate of drug-likeness (QED) is 0.878. The minimum absolute atomic E-state index is 0.0404. The number of benzene rings is 1. The van der Waals surface area contributed by atoms with Crippen molar-refractivity contribution in [2.24, 2.45) is 5.92 Å². The fraction of sp³-hybridized carbons (Fsp3) is 0.529. The van der Waals surface area contributed by atoms with Crippen LogP contribution in [0.2, 0.25) is 0 Å². The molecule has 5 heteroatoms. The van der Waals surface area contributed by atoms with Crippen molar-refractivity contribution >= 4 is 17.6 Å². The van der Waals surface area contributed by atoms with E-state index in [1.54, 1.807) is 4.90 Å². The Morgan fingerprint density at radius 3 is 2.68 bits per heavy atom. The highest BCUT2D eigenvalue weighted by atomic mass is 16.2. The summed E-state index contributed by atoms with van der Waals surface area (Å²) in [4.78, 5) is 26.2. The Labute approximate surface area is 132 Å². The Bertz CT molecular complexity index is 502. The summed E-state index contributed by atoms with van der Waals surface area (Å²) in [6, 6.07) is 8.77. The van der Waals surface area contributed by atoms with Crippen LogP contribution in [0.25, 0.3) is 0 Å². The first kappa shape index (κ1) is 16.3. The number of carbonyl (C=O) groups excluding carboxylic acids is 2. The van der Waals surface area contributed by atoms with Gasteiger partial charge in [0.15, 0.2) is 0 Å². The topological polar surface area (TPSA) is 61.4 Å². The van der Waals surface area contributed by atoms with Crippen molar-refractivity contribution in [3.8, 4) is 0 Å². The first-order valence-corrected chi connectivity index (χ1v) is 7.98. The smallest absolute Gasteiger partial charge is 0.322 e. The van der Waals surface area contributed by atoms with Crippen molar-refractivity contribution < 1.29 is 9.59 Å². The summed E-state index contributed by atoms with van der Waals surface area (Å²) in [5.41, 5.74) is 0.748. The fourth-order valence-electron chi connectivity index (χ4n) is 2.60. The average Bonchev–Trinajstić information content (AvgIpc) is 2.97. The second-order valence-corrected chi connectivity index (χ2v) is 6.12. The molecule has 1 heterocycles. The van der Waals surface area contributed by atoms with E-state index in [0.29, 0.717) is 19.0 Å². The van der Waals surface area contributed by atoms with Gasteiger partial charge in [-0.2, -0.15) is 0 Å². The van der Waals surface area contributed by atoms with Crippen molar-refractivity contribution in [1.29, 1.82) is 0 Å². The van der Waals surface area contributed by atoms with Gasteiger partial charge in [0.25, 0.3) is 0 Å². The number of nitrogens with one attached hydrogen (secondary N) is 2. The lowest BCUT2D eigenvalue weighted by atomic mass is 10.1. The third kappa shape index (κ3) is 4.48. The van der Waals surface area contributed by atoms with E-state index in [-0.39, 0.29) is 18.0 Å². The minimum Gasteiger partial charge on any atom is -0.354 e. The van der Waals surface area contributed by atoms with E-state index in [2.05, 4.69) is 24.5 Å². The van der Waals surface area contributed by atoms with Crippen LogP contribution in [0.15, 0.2) is 30.3 Å². The molecule has 5 nitrogen and oxygen atoms in total. The number of urea groups is 1. The van der Waals surface area contributed by atoms with Gasteiger partial charge in [-0.1, -0.05) is 32.0 Å². The highest BCUT2D eigenvalue weighted by Crippen LogP contribution is 2.19. The van der Waals surface area contributed by atoms with Gasteiger partial charge in [0.1, 0.15) is 6.04 Å². The zero-order valence-electron chi connectivity index (χ0n) is 13.3. The lowest BCUT2D eigenvalue weighted by molar-refractivity contribution is -0.124. The molecule has 1 saturated heterocycles. The number of amides is 3. The number of likely N-dealkylation sites (tertiary alicyclic amines) is 1. The van der Waals surface area contributed by atoms with Crippen LogP contribution in [0.1, 0.15) is 33.1 Å². The predicted molar refractivity (Wildman–Crippen MR) is 87.7 cm³/mol. The third-order valence-corrected chi connectivity index (χ3v) is 3.86. The highest BCUT2D eigenvalue weighted by molar-refractivity contribution is 5.94. The largest absolute Gasteiger partial charge is 0.354 e. The molecule has 1 fully saturated rings. The average molecular weight is 303 g/mol. The van der Waals surface area contributed by atoms with E-state index >= 15 is 0 Å². The van der Waals surface area contributed by atoms with E-state index in [9.17, 15) is 9.59 Å². The molecule has 3 amide bonds. The van der Waals surface area contributed by atoms with Gasteiger partial charge in [0.05, 0.1) is 0 Å². The summed E-state index contributed by atoms with van der Waals surface area (Å²) < 4.78 is 0. The van der Waals surface area contributed by atoms with E-state index in [0.717, 1.165) is 24.9 Å². The maximum Gasteiger partial charge on any atom is 0.322 e. The van der Waals surface area contributed by atoms with Crippen LogP contribution in [0, 0.1) is 5.92 Å². The molecule has 1 aromatic rings. The molecule has 0 bridgehead atoms. The van der Waals surface area contributed by atoms with Crippen molar-refractivity contribution in [3.05, 3.63) is 30.3 Å². The Morgan fingerprint density at radius 2 is 2.00 bits per heavy atom. The molecular weight excluding hydrogens is 278 g/mol. The van der Waals surface area contributed by atoms with Crippen molar-refractivity contribution in [3.63, 3.8) is 0 Å². The Hall–Kier alpha value is -2.04. The maximum absolute atomic E-state index is 12.3. The standard InChI is InChI=1S/C17H25N3O2/c1-13(2)10-11-18-16(21)15-9-6-12-20(15)17(22)19-14-7-4-3-5-8-14/h3-5,7-8,13,15H,6,9-12H2,1-2H3,(H,18,21)(H,19,22). The van der Waals surface area contributed by atoms with E-state index < -0.39 is 0 Å². The Balaban J connectivity index is 1.89. The second kappa shape index (κ2) is 7.82. The van der Waals surface area contributed by atoms with Crippen LogP contribution >= 0.6 is 0 Å². The van der Waals surface area contributed by atoms with Crippen LogP contribution in [-0.4, -0.2) is 36.0 Å².